The first-order valence-electron chi connectivity index (χ1n) is 7.54. The fourth-order valence-corrected chi connectivity index (χ4v) is 4.18. The molecule has 0 radical (unpaired) electrons. The standard InChI is InChI=1S/C16H17Cl3N2O4S/c17-11-9-12(18)16(13(19)10-11)21-14-3-1-2-4-15(14)26(23,24)20-5-7-25-8-6-22/h1-4,9-10,20-22H,5-8H2. The van der Waals surface area contributed by atoms with Crippen LogP contribution in [0.15, 0.2) is 41.3 Å². The maximum atomic E-state index is 12.6. The van der Waals surface area contributed by atoms with Crippen LogP contribution in [-0.2, 0) is 14.8 Å². The quantitative estimate of drug-likeness (QED) is 0.519. The molecule has 0 fully saturated rings. The van der Waals surface area contributed by atoms with Gasteiger partial charge in [0.25, 0.3) is 0 Å². The van der Waals surface area contributed by atoms with Gasteiger partial charge in [-0.05, 0) is 24.3 Å². The number of aliphatic hydroxyl groups is 1. The SMILES string of the molecule is O=S(=O)(NCCOCCO)c1ccccc1Nc1c(Cl)cc(Cl)cc1Cl. The fraction of sp³-hybridized carbons (Fsp3) is 0.250. The van der Waals surface area contributed by atoms with Gasteiger partial charge in [0.2, 0.25) is 10.0 Å². The van der Waals surface area contributed by atoms with Crippen LogP contribution >= 0.6 is 34.8 Å². The van der Waals surface area contributed by atoms with E-state index in [0.717, 1.165) is 0 Å². The highest BCUT2D eigenvalue weighted by Crippen LogP contribution is 2.37. The van der Waals surface area contributed by atoms with E-state index in [1.807, 2.05) is 0 Å². The van der Waals surface area contributed by atoms with E-state index >= 15 is 0 Å². The van der Waals surface area contributed by atoms with Crippen LogP contribution in [0.3, 0.4) is 0 Å². The van der Waals surface area contributed by atoms with Crippen molar-refractivity contribution in [3.8, 4) is 0 Å². The Labute approximate surface area is 167 Å². The van der Waals surface area contributed by atoms with Gasteiger partial charge in [-0.3, -0.25) is 0 Å². The molecule has 10 heteroatoms. The maximum absolute atomic E-state index is 12.6. The minimum atomic E-state index is -3.80. The first-order valence-corrected chi connectivity index (χ1v) is 10.2. The molecule has 26 heavy (non-hydrogen) atoms. The number of ether oxygens (including phenoxy) is 1. The second-order valence-electron chi connectivity index (χ2n) is 5.10. The normalized spacial score (nSPS) is 11.5. The third-order valence-electron chi connectivity index (χ3n) is 3.22. The highest BCUT2D eigenvalue weighted by atomic mass is 35.5. The molecule has 0 saturated carbocycles. The van der Waals surface area contributed by atoms with E-state index in [2.05, 4.69) is 10.0 Å². The van der Waals surface area contributed by atoms with Gasteiger partial charge >= 0.3 is 0 Å². The third-order valence-corrected chi connectivity index (χ3v) is 5.55. The van der Waals surface area contributed by atoms with E-state index in [1.54, 1.807) is 18.2 Å². The predicted octanol–water partition coefficient (Wildman–Crippen LogP) is 3.68. The molecule has 0 aliphatic rings. The van der Waals surface area contributed by atoms with Crippen LogP contribution in [-0.4, -0.2) is 39.9 Å². The molecule has 0 aliphatic heterocycles. The molecule has 0 amide bonds. The summed E-state index contributed by atoms with van der Waals surface area (Å²) in [6.07, 6.45) is 0. The number of para-hydroxylation sites is 1. The molecule has 2 aromatic rings. The van der Waals surface area contributed by atoms with E-state index in [1.165, 1.54) is 18.2 Å². The minimum absolute atomic E-state index is 0.0317. The molecule has 0 aromatic heterocycles. The topological polar surface area (TPSA) is 87.7 Å². The van der Waals surface area contributed by atoms with Gasteiger partial charge in [-0.25, -0.2) is 13.1 Å². The van der Waals surface area contributed by atoms with E-state index in [-0.39, 0.29) is 41.3 Å². The predicted molar refractivity (Wildman–Crippen MR) is 104 cm³/mol. The molecule has 2 rings (SSSR count). The van der Waals surface area contributed by atoms with Gasteiger partial charge in [-0.1, -0.05) is 46.9 Å². The maximum Gasteiger partial charge on any atom is 0.242 e. The van der Waals surface area contributed by atoms with Gasteiger partial charge in [0, 0.05) is 11.6 Å². The lowest BCUT2D eigenvalue weighted by molar-refractivity contribution is 0.0961. The number of rotatable bonds is 9. The van der Waals surface area contributed by atoms with Crippen molar-refractivity contribution in [2.75, 3.05) is 31.7 Å². The molecule has 3 N–H and O–H groups in total. The Bertz CT molecular complexity index is 839. The summed E-state index contributed by atoms with van der Waals surface area (Å²) in [5.74, 6) is 0. The van der Waals surface area contributed by atoms with E-state index in [0.29, 0.717) is 16.4 Å². The van der Waals surface area contributed by atoms with Gasteiger partial charge < -0.3 is 15.2 Å². The highest BCUT2D eigenvalue weighted by Gasteiger charge is 2.19. The van der Waals surface area contributed by atoms with Gasteiger partial charge in [-0.2, -0.15) is 0 Å². The number of hydrogen-bond donors (Lipinski definition) is 3. The molecule has 0 unspecified atom stereocenters. The van der Waals surface area contributed by atoms with Crippen LogP contribution in [0.4, 0.5) is 11.4 Å². The summed E-state index contributed by atoms with van der Waals surface area (Å²) in [6, 6.07) is 9.35. The van der Waals surface area contributed by atoms with Crippen molar-refractivity contribution in [3.05, 3.63) is 51.5 Å². The first kappa shape index (κ1) is 21.2. The fourth-order valence-electron chi connectivity index (χ4n) is 2.09. The zero-order valence-corrected chi connectivity index (χ0v) is 16.6. The second kappa shape index (κ2) is 9.75. The lowest BCUT2D eigenvalue weighted by atomic mass is 10.2. The number of hydrogen-bond acceptors (Lipinski definition) is 5. The number of sulfonamides is 1. The van der Waals surface area contributed by atoms with Gasteiger partial charge in [0.15, 0.2) is 0 Å². The Balaban J connectivity index is 2.22. The Morgan fingerprint density at radius 1 is 1.04 bits per heavy atom. The van der Waals surface area contributed by atoms with Gasteiger partial charge in [0.1, 0.15) is 4.90 Å². The smallest absolute Gasteiger partial charge is 0.242 e. The summed E-state index contributed by atoms with van der Waals surface area (Å²) in [5, 5.41) is 12.5. The average Bonchev–Trinajstić information content (AvgIpc) is 2.58. The van der Waals surface area contributed by atoms with Crippen LogP contribution in [0.2, 0.25) is 15.1 Å². The minimum Gasteiger partial charge on any atom is -0.394 e. The summed E-state index contributed by atoms with van der Waals surface area (Å²) >= 11 is 18.2. The Morgan fingerprint density at radius 2 is 1.69 bits per heavy atom. The lowest BCUT2D eigenvalue weighted by Crippen LogP contribution is -2.28. The molecule has 6 nitrogen and oxygen atoms in total. The van der Waals surface area contributed by atoms with Crippen molar-refractivity contribution in [3.63, 3.8) is 0 Å². The summed E-state index contributed by atoms with van der Waals surface area (Å²) in [7, 11) is -3.80. The molecule has 0 bridgehead atoms. The van der Waals surface area contributed by atoms with E-state index in [4.69, 9.17) is 44.6 Å². The molecule has 0 heterocycles. The van der Waals surface area contributed by atoms with E-state index < -0.39 is 10.0 Å². The number of aliphatic hydroxyl groups excluding tert-OH is 1. The molecule has 0 aliphatic carbocycles. The Hall–Kier alpha value is -1.06. The molecule has 0 spiro atoms. The highest BCUT2D eigenvalue weighted by molar-refractivity contribution is 7.89. The lowest BCUT2D eigenvalue weighted by Gasteiger charge is -2.15. The van der Waals surface area contributed by atoms with Crippen molar-refractivity contribution in [1.29, 1.82) is 0 Å². The first-order chi connectivity index (χ1) is 12.3. The molecule has 2 aromatic carbocycles. The largest absolute Gasteiger partial charge is 0.394 e. The van der Waals surface area contributed by atoms with Gasteiger partial charge in [0.05, 0.1) is 41.2 Å². The van der Waals surface area contributed by atoms with Crippen LogP contribution in [0.5, 0.6) is 0 Å². The summed E-state index contributed by atoms with van der Waals surface area (Å²) in [6.45, 7) is 0.235. The molecule has 0 saturated heterocycles. The van der Waals surface area contributed by atoms with Crippen LogP contribution in [0.25, 0.3) is 0 Å². The molecular formula is C16H17Cl3N2O4S. The number of anilines is 2. The zero-order chi connectivity index (χ0) is 19.2. The van der Waals surface area contributed by atoms with E-state index in [9.17, 15) is 8.42 Å². The molecular weight excluding hydrogens is 423 g/mol. The second-order valence-corrected chi connectivity index (χ2v) is 8.09. The van der Waals surface area contributed by atoms with Crippen molar-refractivity contribution < 1.29 is 18.3 Å². The number of benzene rings is 2. The third kappa shape index (κ3) is 5.72. The number of nitrogens with one attached hydrogen (secondary N) is 2. The monoisotopic (exact) mass is 438 g/mol. The molecule has 142 valence electrons. The zero-order valence-electron chi connectivity index (χ0n) is 13.5. The Morgan fingerprint density at radius 3 is 2.35 bits per heavy atom. The van der Waals surface area contributed by atoms with Crippen LogP contribution in [0.1, 0.15) is 0 Å². The number of halogens is 3. The molecule has 0 atom stereocenters. The average molecular weight is 440 g/mol. The van der Waals surface area contributed by atoms with Crippen molar-refractivity contribution in [1.82, 2.24) is 4.72 Å². The van der Waals surface area contributed by atoms with Crippen molar-refractivity contribution >= 4 is 56.2 Å². The summed E-state index contributed by atoms with van der Waals surface area (Å²) in [5.41, 5.74) is 0.661. The van der Waals surface area contributed by atoms with Crippen LogP contribution < -0.4 is 10.0 Å². The Kier molecular flexibility index (Phi) is 7.97. The van der Waals surface area contributed by atoms with Gasteiger partial charge in [-0.15, -0.1) is 0 Å². The van der Waals surface area contributed by atoms with Crippen molar-refractivity contribution in [2.24, 2.45) is 0 Å². The summed E-state index contributed by atoms with van der Waals surface area (Å²) < 4.78 is 32.6. The summed E-state index contributed by atoms with van der Waals surface area (Å²) in [4.78, 5) is 0.0317. The van der Waals surface area contributed by atoms with Crippen LogP contribution in [0, 0.1) is 0 Å². The van der Waals surface area contributed by atoms with Crippen molar-refractivity contribution in [2.45, 2.75) is 4.90 Å².